The average Bonchev–Trinajstić information content (AvgIpc) is 2.92. The molecule has 8 nitrogen and oxygen atoms in total. The van der Waals surface area contributed by atoms with Crippen LogP contribution in [0.4, 0.5) is 0 Å². The standard InChI is InChI=1S/C30H43N5O3S/c1-22-28(10-9-23-19-25(20-23)24-7-5-4-6-8-24)31-21-32-29(22)30(36)35-17-13-27(14-18-35)34-15-11-26(12-16-34)33(2)39(3,37)38/h4-8,21,23,25-27H,9-20H2,1-3H3. The Bertz CT molecular complexity index is 1230. The quantitative estimate of drug-likeness (QED) is 0.493. The molecule has 0 bridgehead atoms. The highest BCUT2D eigenvalue weighted by Gasteiger charge is 2.34. The third-order valence-electron chi connectivity index (χ3n) is 9.49. The fourth-order valence-corrected chi connectivity index (χ4v) is 7.49. The van der Waals surface area contributed by atoms with Gasteiger partial charge in [0, 0.05) is 43.5 Å². The van der Waals surface area contributed by atoms with E-state index in [9.17, 15) is 13.2 Å². The lowest BCUT2D eigenvalue weighted by molar-refractivity contribution is 0.0542. The molecule has 0 spiro atoms. The normalized spacial score (nSPS) is 23.6. The zero-order chi connectivity index (χ0) is 27.6. The van der Waals surface area contributed by atoms with Crippen LogP contribution < -0.4 is 0 Å². The van der Waals surface area contributed by atoms with Crippen molar-refractivity contribution in [3.8, 4) is 0 Å². The van der Waals surface area contributed by atoms with Gasteiger partial charge in [0.05, 0.1) is 6.26 Å². The molecule has 2 aromatic rings. The van der Waals surface area contributed by atoms with E-state index < -0.39 is 10.0 Å². The van der Waals surface area contributed by atoms with Crippen LogP contribution in [0.5, 0.6) is 0 Å². The van der Waals surface area contributed by atoms with Crippen LogP contribution in [0.1, 0.15) is 78.2 Å². The molecule has 9 heteroatoms. The molecule has 0 unspecified atom stereocenters. The molecule has 39 heavy (non-hydrogen) atoms. The predicted octanol–water partition coefficient (Wildman–Crippen LogP) is 3.87. The number of amides is 1. The second kappa shape index (κ2) is 12.0. The Morgan fingerprint density at radius 1 is 1.00 bits per heavy atom. The van der Waals surface area contributed by atoms with Gasteiger partial charge in [0.15, 0.2) is 0 Å². The van der Waals surface area contributed by atoms with Crippen LogP contribution in [0.3, 0.4) is 0 Å². The summed E-state index contributed by atoms with van der Waals surface area (Å²) < 4.78 is 25.3. The number of rotatable bonds is 8. The summed E-state index contributed by atoms with van der Waals surface area (Å²) in [5.74, 6) is 1.43. The molecule has 1 aliphatic carbocycles. The van der Waals surface area contributed by atoms with Gasteiger partial charge in [-0.05, 0) is 88.8 Å². The number of carbonyl (C=O) groups excluding carboxylic acids is 1. The molecule has 0 atom stereocenters. The van der Waals surface area contributed by atoms with Crippen LogP contribution in [-0.4, -0.2) is 90.0 Å². The van der Waals surface area contributed by atoms with Crippen molar-refractivity contribution >= 4 is 15.9 Å². The first-order valence-corrected chi connectivity index (χ1v) is 16.4. The fourth-order valence-electron chi connectivity index (χ4n) is 6.73. The zero-order valence-electron chi connectivity index (χ0n) is 23.6. The summed E-state index contributed by atoms with van der Waals surface area (Å²) in [5, 5.41) is 0. The van der Waals surface area contributed by atoms with Gasteiger partial charge in [0.2, 0.25) is 10.0 Å². The van der Waals surface area contributed by atoms with Crippen molar-refractivity contribution in [3.63, 3.8) is 0 Å². The number of hydrogen-bond donors (Lipinski definition) is 0. The first-order chi connectivity index (χ1) is 18.7. The summed E-state index contributed by atoms with van der Waals surface area (Å²) in [6, 6.07) is 11.3. The van der Waals surface area contributed by atoms with E-state index in [1.165, 1.54) is 29.0 Å². The number of likely N-dealkylation sites (tertiary alicyclic amines) is 2. The topological polar surface area (TPSA) is 86.7 Å². The van der Waals surface area contributed by atoms with E-state index in [0.29, 0.717) is 17.7 Å². The highest BCUT2D eigenvalue weighted by atomic mass is 32.2. The van der Waals surface area contributed by atoms with Crippen LogP contribution in [0.15, 0.2) is 36.7 Å². The third-order valence-corrected chi connectivity index (χ3v) is 10.8. The Hall–Kier alpha value is -2.36. The van der Waals surface area contributed by atoms with E-state index in [0.717, 1.165) is 81.9 Å². The minimum atomic E-state index is -3.15. The molecule has 2 saturated heterocycles. The van der Waals surface area contributed by atoms with E-state index >= 15 is 0 Å². The lowest BCUT2D eigenvalue weighted by atomic mass is 9.69. The number of aryl methyl sites for hydroxylation is 1. The molecular weight excluding hydrogens is 510 g/mol. The number of benzene rings is 1. The van der Waals surface area contributed by atoms with E-state index in [1.54, 1.807) is 13.4 Å². The Morgan fingerprint density at radius 2 is 1.67 bits per heavy atom. The summed E-state index contributed by atoms with van der Waals surface area (Å²) in [6.45, 7) is 5.28. The number of piperidine rings is 2. The monoisotopic (exact) mass is 553 g/mol. The zero-order valence-corrected chi connectivity index (χ0v) is 24.4. The smallest absolute Gasteiger partial charge is 0.272 e. The van der Waals surface area contributed by atoms with Crippen molar-refractivity contribution in [2.75, 3.05) is 39.5 Å². The van der Waals surface area contributed by atoms with Crippen LogP contribution in [0.2, 0.25) is 0 Å². The minimum absolute atomic E-state index is 0.0240. The average molecular weight is 554 g/mol. The molecular formula is C30H43N5O3S. The van der Waals surface area contributed by atoms with Crippen molar-refractivity contribution in [1.82, 2.24) is 24.1 Å². The second-order valence-corrected chi connectivity index (χ2v) is 13.9. The molecule has 0 N–H and O–H groups in total. The summed E-state index contributed by atoms with van der Waals surface area (Å²) >= 11 is 0. The first-order valence-electron chi connectivity index (χ1n) is 14.5. The summed E-state index contributed by atoms with van der Waals surface area (Å²) in [7, 11) is -1.46. The van der Waals surface area contributed by atoms with Crippen LogP contribution in [-0.2, 0) is 16.4 Å². The van der Waals surface area contributed by atoms with Gasteiger partial charge >= 0.3 is 0 Å². The Kier molecular flexibility index (Phi) is 8.69. The van der Waals surface area contributed by atoms with Gasteiger partial charge in [-0.25, -0.2) is 22.7 Å². The third kappa shape index (κ3) is 6.52. The number of hydrogen-bond acceptors (Lipinski definition) is 6. The van der Waals surface area contributed by atoms with Gasteiger partial charge in [-0.3, -0.25) is 4.79 Å². The van der Waals surface area contributed by atoms with Gasteiger partial charge in [-0.2, -0.15) is 0 Å². The van der Waals surface area contributed by atoms with Crippen LogP contribution in [0.25, 0.3) is 0 Å². The van der Waals surface area contributed by atoms with Gasteiger partial charge < -0.3 is 9.80 Å². The van der Waals surface area contributed by atoms with Crippen molar-refractivity contribution in [2.24, 2.45) is 5.92 Å². The largest absolute Gasteiger partial charge is 0.337 e. The Labute approximate surface area is 233 Å². The molecule has 3 aliphatic rings. The second-order valence-electron chi connectivity index (χ2n) is 11.8. The van der Waals surface area contributed by atoms with Crippen molar-refractivity contribution in [3.05, 3.63) is 59.2 Å². The number of sulfonamides is 1. The number of nitrogens with zero attached hydrogens (tertiary/aromatic N) is 5. The SMILES string of the molecule is Cc1c(CCC2CC(c3ccccc3)C2)ncnc1C(=O)N1CCC(N2CCC(N(C)S(C)(=O)=O)CC2)CC1. The number of carbonyl (C=O) groups is 1. The Morgan fingerprint density at radius 3 is 2.31 bits per heavy atom. The highest BCUT2D eigenvalue weighted by Crippen LogP contribution is 2.43. The van der Waals surface area contributed by atoms with Crippen molar-refractivity contribution in [1.29, 1.82) is 0 Å². The molecule has 3 fully saturated rings. The first kappa shape index (κ1) is 28.2. The van der Waals surface area contributed by atoms with E-state index in [4.69, 9.17) is 0 Å². The van der Waals surface area contributed by atoms with Gasteiger partial charge in [-0.15, -0.1) is 0 Å². The predicted molar refractivity (Wildman–Crippen MR) is 153 cm³/mol. The van der Waals surface area contributed by atoms with E-state index in [2.05, 4.69) is 45.2 Å². The molecule has 1 saturated carbocycles. The van der Waals surface area contributed by atoms with Crippen molar-refractivity contribution < 1.29 is 13.2 Å². The van der Waals surface area contributed by atoms with Gasteiger partial charge in [0.25, 0.3) is 5.91 Å². The Balaban J connectivity index is 1.09. The molecule has 1 aromatic carbocycles. The maximum Gasteiger partial charge on any atom is 0.272 e. The lowest BCUT2D eigenvalue weighted by Gasteiger charge is -2.43. The van der Waals surface area contributed by atoms with Crippen LogP contribution in [0, 0.1) is 12.8 Å². The van der Waals surface area contributed by atoms with E-state index in [1.807, 2.05) is 11.8 Å². The van der Waals surface area contributed by atoms with Gasteiger partial charge in [-0.1, -0.05) is 30.3 Å². The minimum Gasteiger partial charge on any atom is -0.337 e. The molecule has 5 rings (SSSR count). The molecule has 0 radical (unpaired) electrons. The number of aromatic nitrogens is 2. The molecule has 1 aromatic heterocycles. The maximum absolute atomic E-state index is 13.4. The van der Waals surface area contributed by atoms with Crippen LogP contribution >= 0.6 is 0 Å². The fraction of sp³-hybridized carbons (Fsp3) is 0.633. The van der Waals surface area contributed by atoms with Gasteiger partial charge in [0.1, 0.15) is 12.0 Å². The lowest BCUT2D eigenvalue weighted by Crippen LogP contribution is -2.52. The molecule has 2 aliphatic heterocycles. The molecule has 3 heterocycles. The summed E-state index contributed by atoms with van der Waals surface area (Å²) in [4.78, 5) is 26.8. The molecule has 212 valence electrons. The summed E-state index contributed by atoms with van der Waals surface area (Å²) in [5.41, 5.74) is 3.94. The van der Waals surface area contributed by atoms with Crippen molar-refractivity contribution in [2.45, 2.75) is 76.3 Å². The summed E-state index contributed by atoms with van der Waals surface area (Å²) in [6.07, 6.45) is 10.9. The maximum atomic E-state index is 13.4. The molecule has 1 amide bonds. The van der Waals surface area contributed by atoms with E-state index in [-0.39, 0.29) is 11.9 Å². The highest BCUT2D eigenvalue weighted by molar-refractivity contribution is 7.88.